The van der Waals surface area contributed by atoms with Gasteiger partial charge in [0, 0.05) is 38.6 Å². The monoisotopic (exact) mass is 573 g/mol. The maximum Gasteiger partial charge on any atom is 0.401 e. The first-order chi connectivity index (χ1) is 14.8. The van der Waals surface area contributed by atoms with Crippen LogP contribution in [0.4, 0.5) is 13.2 Å². The summed E-state index contributed by atoms with van der Waals surface area (Å²) >= 11 is 0. The highest BCUT2D eigenvalue weighted by Crippen LogP contribution is 2.27. The van der Waals surface area contributed by atoms with Crippen LogP contribution in [0.25, 0.3) is 0 Å². The van der Waals surface area contributed by atoms with Gasteiger partial charge in [-0.15, -0.1) is 24.0 Å². The minimum Gasteiger partial charge on any atom is -0.356 e. The van der Waals surface area contributed by atoms with Crippen LogP contribution < -0.4 is 10.6 Å². The third-order valence-electron chi connectivity index (χ3n) is 6.97. The lowest BCUT2D eigenvalue weighted by atomic mass is 9.88. The van der Waals surface area contributed by atoms with E-state index in [9.17, 15) is 18.0 Å². The number of aliphatic imine (C=N–C) groups is 1. The Morgan fingerprint density at radius 3 is 2.34 bits per heavy atom. The molecule has 2 N–H and O–H groups in total. The van der Waals surface area contributed by atoms with E-state index in [2.05, 4.69) is 15.6 Å². The molecule has 0 aromatic carbocycles. The number of carbonyl (C=O) groups excluding carboxylic acids is 1. The molecule has 1 saturated carbocycles. The smallest absolute Gasteiger partial charge is 0.356 e. The fourth-order valence-electron chi connectivity index (χ4n) is 5.16. The third kappa shape index (κ3) is 8.87. The predicted octanol–water partition coefficient (Wildman–Crippen LogP) is 3.62. The number of amides is 1. The molecular weight excluding hydrogens is 534 g/mol. The van der Waals surface area contributed by atoms with Crippen LogP contribution in [0.15, 0.2) is 4.99 Å². The molecule has 1 atom stereocenters. The Morgan fingerprint density at radius 1 is 1.03 bits per heavy atom. The fourth-order valence-corrected chi connectivity index (χ4v) is 5.16. The van der Waals surface area contributed by atoms with Gasteiger partial charge in [0.1, 0.15) is 0 Å². The SMILES string of the molecule is CN=C(NCCC1CCN(CC(F)(F)F)CC1)NC1CCN(C(=O)C2CCCCC2)C1.I. The number of rotatable bonds is 6. The van der Waals surface area contributed by atoms with E-state index in [0.29, 0.717) is 24.9 Å². The molecule has 186 valence electrons. The van der Waals surface area contributed by atoms with E-state index in [1.807, 2.05) is 4.90 Å². The molecule has 2 saturated heterocycles. The minimum absolute atomic E-state index is 0. The van der Waals surface area contributed by atoms with Crippen molar-refractivity contribution in [1.82, 2.24) is 20.4 Å². The van der Waals surface area contributed by atoms with E-state index < -0.39 is 12.7 Å². The summed E-state index contributed by atoms with van der Waals surface area (Å²) in [5, 5.41) is 6.78. The van der Waals surface area contributed by atoms with Crippen LogP contribution in [0.3, 0.4) is 0 Å². The second kappa shape index (κ2) is 13.2. The molecule has 3 fully saturated rings. The van der Waals surface area contributed by atoms with Crippen molar-refractivity contribution >= 4 is 35.8 Å². The van der Waals surface area contributed by atoms with Gasteiger partial charge in [-0.25, -0.2) is 0 Å². The second-order valence-electron chi connectivity index (χ2n) is 9.37. The topological polar surface area (TPSA) is 60.0 Å². The first-order valence-electron chi connectivity index (χ1n) is 11.9. The molecule has 0 aromatic heterocycles. The van der Waals surface area contributed by atoms with Gasteiger partial charge < -0.3 is 15.5 Å². The molecule has 0 radical (unpaired) electrons. The van der Waals surface area contributed by atoms with Gasteiger partial charge in [-0.2, -0.15) is 13.2 Å². The molecule has 6 nitrogen and oxygen atoms in total. The van der Waals surface area contributed by atoms with E-state index in [4.69, 9.17) is 0 Å². The van der Waals surface area contributed by atoms with E-state index in [1.54, 1.807) is 7.05 Å². The van der Waals surface area contributed by atoms with Gasteiger partial charge in [0.2, 0.25) is 5.91 Å². The average molecular weight is 573 g/mol. The van der Waals surface area contributed by atoms with E-state index >= 15 is 0 Å². The molecule has 1 amide bonds. The summed E-state index contributed by atoms with van der Waals surface area (Å²) < 4.78 is 37.5. The van der Waals surface area contributed by atoms with Crippen LogP contribution in [-0.2, 0) is 4.79 Å². The number of nitrogens with zero attached hydrogens (tertiary/aromatic N) is 3. The summed E-state index contributed by atoms with van der Waals surface area (Å²) in [7, 11) is 1.74. The normalized spacial score (nSPS) is 24.3. The van der Waals surface area contributed by atoms with Crippen LogP contribution in [-0.4, -0.2) is 80.2 Å². The number of guanidine groups is 1. The van der Waals surface area contributed by atoms with Crippen molar-refractivity contribution < 1.29 is 18.0 Å². The average Bonchev–Trinajstić information content (AvgIpc) is 3.22. The Hall–Kier alpha value is -0.780. The van der Waals surface area contributed by atoms with Crippen LogP contribution >= 0.6 is 24.0 Å². The third-order valence-corrected chi connectivity index (χ3v) is 6.97. The van der Waals surface area contributed by atoms with E-state index in [-0.39, 0.29) is 35.9 Å². The number of likely N-dealkylation sites (tertiary alicyclic amines) is 2. The first-order valence-corrected chi connectivity index (χ1v) is 11.9. The first kappa shape index (κ1) is 27.5. The Bertz CT molecular complexity index is 605. The van der Waals surface area contributed by atoms with Crippen molar-refractivity contribution in [2.45, 2.75) is 70.0 Å². The van der Waals surface area contributed by atoms with Gasteiger partial charge >= 0.3 is 6.18 Å². The van der Waals surface area contributed by atoms with Crippen LogP contribution in [0, 0.1) is 11.8 Å². The van der Waals surface area contributed by atoms with Crippen molar-refractivity contribution in [1.29, 1.82) is 0 Å². The Kier molecular flexibility index (Phi) is 11.3. The molecule has 32 heavy (non-hydrogen) atoms. The van der Waals surface area contributed by atoms with Crippen LogP contribution in [0.5, 0.6) is 0 Å². The lowest BCUT2D eigenvalue weighted by molar-refractivity contribution is -0.148. The zero-order valence-corrected chi connectivity index (χ0v) is 21.5. The summed E-state index contributed by atoms with van der Waals surface area (Å²) in [6.07, 6.45) is 5.03. The molecule has 10 heteroatoms. The van der Waals surface area contributed by atoms with Crippen molar-refractivity contribution in [2.75, 3.05) is 46.3 Å². The fraction of sp³-hybridized carbons (Fsp3) is 0.909. The zero-order valence-electron chi connectivity index (χ0n) is 19.1. The summed E-state index contributed by atoms with van der Waals surface area (Å²) in [4.78, 5) is 20.6. The number of nitrogens with one attached hydrogen (secondary N) is 2. The largest absolute Gasteiger partial charge is 0.401 e. The number of piperidine rings is 1. The molecule has 2 heterocycles. The second-order valence-corrected chi connectivity index (χ2v) is 9.37. The van der Waals surface area contributed by atoms with Gasteiger partial charge in [0.15, 0.2) is 5.96 Å². The molecule has 1 unspecified atom stereocenters. The molecule has 3 rings (SSSR count). The van der Waals surface area contributed by atoms with E-state index in [1.165, 1.54) is 24.2 Å². The van der Waals surface area contributed by atoms with Gasteiger partial charge in [0.05, 0.1) is 6.54 Å². The summed E-state index contributed by atoms with van der Waals surface area (Å²) in [6, 6.07) is 0.212. The molecule has 0 bridgehead atoms. The summed E-state index contributed by atoms with van der Waals surface area (Å²) in [6.45, 7) is 2.53. The highest BCUT2D eigenvalue weighted by atomic mass is 127. The number of alkyl halides is 3. The molecule has 0 aromatic rings. The van der Waals surface area contributed by atoms with Gasteiger partial charge in [-0.1, -0.05) is 19.3 Å². The Labute approximate surface area is 207 Å². The zero-order chi connectivity index (χ0) is 22.3. The van der Waals surface area contributed by atoms with Crippen LogP contribution in [0.1, 0.15) is 57.8 Å². The molecule has 1 aliphatic carbocycles. The standard InChI is InChI=1S/C22H38F3N5O.HI/c1-26-21(27-11-7-17-8-12-29(13-9-17)16-22(23,24)25)28-19-10-14-30(15-19)20(31)18-5-3-2-4-6-18;/h17-19H,2-16H2,1H3,(H2,26,27,28);1H. The van der Waals surface area contributed by atoms with Crippen molar-refractivity contribution in [3.8, 4) is 0 Å². The Balaban J connectivity index is 0.00000363. The highest BCUT2D eigenvalue weighted by Gasteiger charge is 2.33. The van der Waals surface area contributed by atoms with Gasteiger partial charge in [-0.05, 0) is 57.5 Å². The lowest BCUT2D eigenvalue weighted by Crippen LogP contribution is -2.46. The minimum atomic E-state index is -4.11. The molecule has 0 spiro atoms. The highest BCUT2D eigenvalue weighted by molar-refractivity contribution is 14.0. The number of hydrogen-bond donors (Lipinski definition) is 2. The molecule has 2 aliphatic heterocycles. The van der Waals surface area contributed by atoms with Gasteiger partial charge in [-0.3, -0.25) is 14.7 Å². The number of halogens is 4. The van der Waals surface area contributed by atoms with E-state index in [0.717, 1.165) is 64.1 Å². The molecule has 3 aliphatic rings. The lowest BCUT2D eigenvalue weighted by Gasteiger charge is -2.32. The predicted molar refractivity (Wildman–Crippen MR) is 131 cm³/mol. The number of hydrogen-bond acceptors (Lipinski definition) is 3. The molecular formula is C22H39F3IN5O. The maximum absolute atomic E-state index is 12.7. The van der Waals surface area contributed by atoms with Crippen LogP contribution in [0.2, 0.25) is 0 Å². The van der Waals surface area contributed by atoms with Crippen molar-refractivity contribution in [3.05, 3.63) is 0 Å². The van der Waals surface area contributed by atoms with Gasteiger partial charge in [0.25, 0.3) is 0 Å². The van der Waals surface area contributed by atoms with Crippen molar-refractivity contribution in [3.63, 3.8) is 0 Å². The summed E-state index contributed by atoms with van der Waals surface area (Å²) in [5.41, 5.74) is 0. The Morgan fingerprint density at radius 2 is 1.72 bits per heavy atom. The maximum atomic E-state index is 12.7. The number of carbonyl (C=O) groups is 1. The summed E-state index contributed by atoms with van der Waals surface area (Å²) in [5.74, 6) is 1.73. The quantitative estimate of drug-likeness (QED) is 0.290. The van der Waals surface area contributed by atoms with Crippen molar-refractivity contribution in [2.24, 2.45) is 16.8 Å².